The molecule has 0 saturated carbocycles. The number of hydrogen-bond acceptors (Lipinski definition) is 6. The molecule has 0 fully saturated rings. The van der Waals surface area contributed by atoms with Crippen molar-refractivity contribution in [2.75, 3.05) is 16.9 Å². The first kappa shape index (κ1) is 13.3. The topological polar surface area (TPSA) is 67.1 Å². The zero-order valence-electron chi connectivity index (χ0n) is 12.0. The van der Waals surface area contributed by atoms with Crippen molar-refractivity contribution < 1.29 is 0 Å². The van der Waals surface area contributed by atoms with Crippen LogP contribution in [0.25, 0.3) is 0 Å². The number of fused-ring (bicyclic) bond motifs is 1. The van der Waals surface area contributed by atoms with E-state index in [0.29, 0.717) is 11.9 Å². The molecule has 0 spiro atoms. The van der Waals surface area contributed by atoms with E-state index in [9.17, 15) is 0 Å². The summed E-state index contributed by atoms with van der Waals surface area (Å²) in [6.45, 7) is 7.13. The van der Waals surface area contributed by atoms with Gasteiger partial charge in [0.05, 0.1) is 6.04 Å². The Kier molecular flexibility index (Phi) is 3.35. The van der Waals surface area contributed by atoms with Crippen LogP contribution in [-0.2, 0) is 6.42 Å². The van der Waals surface area contributed by atoms with Crippen LogP contribution in [0.4, 0.5) is 11.6 Å². The maximum atomic E-state index is 5.56. The summed E-state index contributed by atoms with van der Waals surface area (Å²) in [5.74, 6) is 7.98. The van der Waals surface area contributed by atoms with Crippen molar-refractivity contribution in [3.8, 4) is 0 Å². The van der Waals surface area contributed by atoms with Crippen LogP contribution in [0.1, 0.15) is 34.8 Å². The van der Waals surface area contributed by atoms with Crippen molar-refractivity contribution >= 4 is 23.0 Å². The smallest absolute Gasteiger partial charge is 0.148 e. The number of thiophene rings is 1. The normalized spacial score (nSPS) is 18.0. The fourth-order valence-corrected chi connectivity index (χ4v) is 3.80. The lowest BCUT2D eigenvalue weighted by molar-refractivity contribution is 0.621. The molecule has 0 saturated heterocycles. The zero-order chi connectivity index (χ0) is 14.3. The highest BCUT2D eigenvalue weighted by atomic mass is 32.1. The van der Waals surface area contributed by atoms with E-state index in [1.54, 1.807) is 0 Å². The van der Waals surface area contributed by atoms with Gasteiger partial charge < -0.3 is 10.3 Å². The van der Waals surface area contributed by atoms with Crippen LogP contribution in [0.2, 0.25) is 0 Å². The second-order valence-electron chi connectivity index (χ2n) is 5.13. The second kappa shape index (κ2) is 5.03. The van der Waals surface area contributed by atoms with E-state index in [-0.39, 0.29) is 0 Å². The van der Waals surface area contributed by atoms with Crippen molar-refractivity contribution in [1.29, 1.82) is 0 Å². The Morgan fingerprint density at radius 1 is 1.40 bits per heavy atom. The molecule has 1 aliphatic heterocycles. The Morgan fingerprint density at radius 2 is 2.20 bits per heavy atom. The number of aryl methyl sites for hydroxylation is 1. The third-order valence-corrected chi connectivity index (χ3v) is 4.91. The number of nitrogens with two attached hydrogens (primary N) is 1. The van der Waals surface area contributed by atoms with Gasteiger partial charge in [-0.2, -0.15) is 0 Å². The number of hydrazine groups is 1. The number of hydrogen-bond donors (Lipinski definition) is 2. The summed E-state index contributed by atoms with van der Waals surface area (Å²) in [6.07, 6.45) is 1.07. The number of aromatic nitrogens is 2. The standard InChI is InChI=1S/C14H19N5S/c1-8-13(18-15)16-10(3)17-14(8)19-6-4-12-11(9(19)2)5-7-20-12/h5,7,9H,4,6,15H2,1-3H3,(H,16,17,18). The minimum atomic E-state index is 0.337. The third kappa shape index (κ3) is 2.05. The van der Waals surface area contributed by atoms with Crippen LogP contribution >= 0.6 is 11.3 Å². The van der Waals surface area contributed by atoms with Gasteiger partial charge in [-0.3, -0.25) is 0 Å². The Hall–Kier alpha value is -1.66. The fraction of sp³-hybridized carbons (Fsp3) is 0.429. The van der Waals surface area contributed by atoms with Gasteiger partial charge in [-0.25, -0.2) is 15.8 Å². The van der Waals surface area contributed by atoms with Gasteiger partial charge in [0.2, 0.25) is 0 Å². The Labute approximate surface area is 122 Å². The van der Waals surface area contributed by atoms with Gasteiger partial charge >= 0.3 is 0 Å². The molecule has 1 aliphatic rings. The van der Waals surface area contributed by atoms with Gasteiger partial charge in [0.1, 0.15) is 17.5 Å². The quantitative estimate of drug-likeness (QED) is 0.657. The van der Waals surface area contributed by atoms with E-state index >= 15 is 0 Å². The lowest BCUT2D eigenvalue weighted by Crippen LogP contribution is -2.34. The minimum absolute atomic E-state index is 0.337. The zero-order valence-corrected chi connectivity index (χ0v) is 12.8. The molecule has 0 radical (unpaired) electrons. The molecule has 0 bridgehead atoms. The summed E-state index contributed by atoms with van der Waals surface area (Å²) in [7, 11) is 0. The van der Waals surface area contributed by atoms with Gasteiger partial charge in [-0.05, 0) is 44.2 Å². The van der Waals surface area contributed by atoms with E-state index < -0.39 is 0 Å². The van der Waals surface area contributed by atoms with E-state index in [2.05, 4.69) is 38.7 Å². The highest BCUT2D eigenvalue weighted by Gasteiger charge is 2.27. The number of nitrogens with zero attached hydrogens (tertiary/aromatic N) is 3. The Morgan fingerprint density at radius 3 is 2.95 bits per heavy atom. The van der Waals surface area contributed by atoms with Crippen molar-refractivity contribution in [2.24, 2.45) is 5.84 Å². The second-order valence-corrected chi connectivity index (χ2v) is 6.13. The fourth-order valence-electron chi connectivity index (χ4n) is 2.83. The van der Waals surface area contributed by atoms with Gasteiger partial charge in [-0.1, -0.05) is 0 Å². The van der Waals surface area contributed by atoms with Crippen LogP contribution in [-0.4, -0.2) is 16.5 Å². The molecule has 3 rings (SSSR count). The largest absolute Gasteiger partial charge is 0.349 e. The van der Waals surface area contributed by atoms with Gasteiger partial charge in [-0.15, -0.1) is 11.3 Å². The van der Waals surface area contributed by atoms with E-state index in [0.717, 1.165) is 30.2 Å². The molecule has 0 aromatic carbocycles. The summed E-state index contributed by atoms with van der Waals surface area (Å²) in [4.78, 5) is 12.8. The number of anilines is 2. The van der Waals surface area contributed by atoms with Gasteiger partial charge in [0.25, 0.3) is 0 Å². The number of nitrogen functional groups attached to an aromatic ring is 1. The van der Waals surface area contributed by atoms with Gasteiger partial charge in [0, 0.05) is 17.0 Å². The third-order valence-electron chi connectivity index (χ3n) is 3.92. The molecule has 2 aromatic heterocycles. The predicted octanol–water partition coefficient (Wildman–Crippen LogP) is 2.56. The van der Waals surface area contributed by atoms with Crippen LogP contribution in [0.15, 0.2) is 11.4 Å². The van der Waals surface area contributed by atoms with Crippen molar-refractivity contribution in [3.63, 3.8) is 0 Å². The summed E-state index contributed by atoms with van der Waals surface area (Å²) in [6, 6.07) is 2.56. The molecule has 106 valence electrons. The summed E-state index contributed by atoms with van der Waals surface area (Å²) in [5, 5.41) is 2.18. The predicted molar refractivity (Wildman–Crippen MR) is 83.1 cm³/mol. The van der Waals surface area contributed by atoms with Crippen LogP contribution in [0.3, 0.4) is 0 Å². The molecule has 2 aromatic rings. The molecule has 0 amide bonds. The molecule has 20 heavy (non-hydrogen) atoms. The first-order valence-electron chi connectivity index (χ1n) is 6.76. The molecule has 1 atom stereocenters. The van der Waals surface area contributed by atoms with Crippen molar-refractivity contribution in [3.05, 3.63) is 33.3 Å². The average molecular weight is 289 g/mol. The Balaban J connectivity index is 2.04. The number of nitrogens with one attached hydrogen (secondary N) is 1. The van der Waals surface area contributed by atoms with Crippen LogP contribution < -0.4 is 16.2 Å². The average Bonchev–Trinajstić information content (AvgIpc) is 2.91. The number of rotatable bonds is 2. The molecule has 6 heteroatoms. The molecular formula is C14H19N5S. The van der Waals surface area contributed by atoms with Crippen LogP contribution in [0, 0.1) is 13.8 Å². The van der Waals surface area contributed by atoms with E-state index in [1.165, 1.54) is 10.4 Å². The van der Waals surface area contributed by atoms with Crippen molar-refractivity contribution in [2.45, 2.75) is 33.2 Å². The molecular weight excluding hydrogens is 270 g/mol. The summed E-state index contributed by atoms with van der Waals surface area (Å²) in [5.41, 5.74) is 5.09. The highest BCUT2D eigenvalue weighted by Crippen LogP contribution is 2.37. The summed E-state index contributed by atoms with van der Waals surface area (Å²) >= 11 is 1.85. The lowest BCUT2D eigenvalue weighted by atomic mass is 10.0. The Bertz CT molecular complexity index is 636. The monoisotopic (exact) mass is 289 g/mol. The minimum Gasteiger partial charge on any atom is -0.349 e. The maximum Gasteiger partial charge on any atom is 0.148 e. The molecule has 1 unspecified atom stereocenters. The molecule has 0 aliphatic carbocycles. The van der Waals surface area contributed by atoms with Crippen LogP contribution in [0.5, 0.6) is 0 Å². The van der Waals surface area contributed by atoms with E-state index in [4.69, 9.17) is 5.84 Å². The molecule has 3 heterocycles. The first-order valence-corrected chi connectivity index (χ1v) is 7.64. The van der Waals surface area contributed by atoms with Gasteiger partial charge in [0.15, 0.2) is 0 Å². The summed E-state index contributed by atoms with van der Waals surface area (Å²) < 4.78 is 0. The van der Waals surface area contributed by atoms with Crippen molar-refractivity contribution in [1.82, 2.24) is 9.97 Å². The highest BCUT2D eigenvalue weighted by molar-refractivity contribution is 7.10. The maximum absolute atomic E-state index is 5.56. The molecule has 3 N–H and O–H groups in total. The lowest BCUT2D eigenvalue weighted by Gasteiger charge is -2.35. The first-order chi connectivity index (χ1) is 9.61. The van der Waals surface area contributed by atoms with E-state index in [1.807, 2.05) is 25.2 Å². The molecule has 5 nitrogen and oxygen atoms in total. The SMILES string of the molecule is Cc1nc(NN)c(C)c(N2CCc3sccc3C2C)n1.